The van der Waals surface area contributed by atoms with Crippen LogP contribution in [0.25, 0.3) is 0 Å². The van der Waals surface area contributed by atoms with E-state index in [1.807, 2.05) is 0 Å². The highest BCUT2D eigenvalue weighted by atomic mass is 16.5. The van der Waals surface area contributed by atoms with Crippen LogP contribution in [0.1, 0.15) is 19.4 Å². The van der Waals surface area contributed by atoms with Crippen molar-refractivity contribution in [1.82, 2.24) is 0 Å². The number of carbonyl (C=O) groups excluding carboxylic acids is 4. The number of hydrogen-bond acceptors (Lipinski definition) is 9. The van der Waals surface area contributed by atoms with Crippen LogP contribution in [-0.4, -0.2) is 51.2 Å². The summed E-state index contributed by atoms with van der Waals surface area (Å²) in [5.74, 6) is -3.67. The van der Waals surface area contributed by atoms with Crippen LogP contribution in [0.5, 0.6) is 0 Å². The van der Waals surface area contributed by atoms with Gasteiger partial charge in [-0.25, -0.2) is 9.59 Å². The molecule has 0 bridgehead atoms. The number of anilines is 1. The lowest BCUT2D eigenvalue weighted by atomic mass is 9.67. The van der Waals surface area contributed by atoms with Gasteiger partial charge in [0.05, 0.1) is 20.8 Å². The molecule has 2 heterocycles. The lowest BCUT2D eigenvalue weighted by Crippen LogP contribution is -2.51. The number of esters is 3. The lowest BCUT2D eigenvalue weighted by molar-refractivity contribution is -0.142. The number of carbonyl (C=O) groups is 4. The maximum atomic E-state index is 14.0. The van der Waals surface area contributed by atoms with E-state index in [0.29, 0.717) is 5.69 Å². The minimum absolute atomic E-state index is 0.0103. The Morgan fingerprint density at radius 3 is 2.39 bits per heavy atom. The van der Waals surface area contributed by atoms with Gasteiger partial charge in [0.25, 0.3) is 0 Å². The van der Waals surface area contributed by atoms with Crippen molar-refractivity contribution in [3.05, 3.63) is 52.6 Å². The largest absolute Gasteiger partial charge is 0.468 e. The maximum Gasteiger partial charge on any atom is 0.341 e. The van der Waals surface area contributed by atoms with Crippen LogP contribution < -0.4 is 10.6 Å². The van der Waals surface area contributed by atoms with Gasteiger partial charge in [-0.15, -0.1) is 0 Å². The summed E-state index contributed by atoms with van der Waals surface area (Å²) < 4.78 is 20.2. The van der Waals surface area contributed by atoms with Crippen molar-refractivity contribution >= 4 is 29.5 Å². The first-order valence-electron chi connectivity index (χ1n) is 9.38. The highest BCUT2D eigenvalue weighted by Gasteiger charge is 2.64. The maximum absolute atomic E-state index is 14.0. The van der Waals surface area contributed by atoms with Gasteiger partial charge in [0.15, 0.2) is 0 Å². The van der Waals surface area contributed by atoms with Crippen LogP contribution in [0.3, 0.4) is 0 Å². The van der Waals surface area contributed by atoms with Gasteiger partial charge < -0.3 is 24.7 Å². The first kappa shape index (κ1) is 21.9. The zero-order chi connectivity index (χ0) is 22.9. The van der Waals surface area contributed by atoms with Crippen LogP contribution in [0.15, 0.2) is 47.1 Å². The van der Waals surface area contributed by atoms with E-state index in [2.05, 4.69) is 0 Å². The Bertz CT molecular complexity index is 1040. The average molecular weight is 430 g/mol. The molecule has 0 unspecified atom stereocenters. The topological polar surface area (TPSA) is 134 Å². The van der Waals surface area contributed by atoms with E-state index < -0.39 is 35.8 Å². The molecular formula is C21H22N2O8. The summed E-state index contributed by atoms with van der Waals surface area (Å²) in [6.45, 7) is 2.56. The molecule has 0 aliphatic carbocycles. The van der Waals surface area contributed by atoms with Crippen molar-refractivity contribution in [2.24, 2.45) is 5.73 Å². The molecule has 1 spiro atoms. The Balaban J connectivity index is 2.41. The van der Waals surface area contributed by atoms with Gasteiger partial charge in [0.2, 0.25) is 11.8 Å². The second-order valence-corrected chi connectivity index (χ2v) is 6.72. The molecule has 1 amide bonds. The van der Waals surface area contributed by atoms with Gasteiger partial charge in [0, 0.05) is 11.3 Å². The molecule has 164 valence electrons. The number of amides is 1. The fourth-order valence-electron chi connectivity index (χ4n) is 3.98. The molecule has 0 saturated carbocycles. The van der Waals surface area contributed by atoms with Crippen LogP contribution in [0, 0.1) is 0 Å². The molecule has 3 rings (SSSR count). The SMILES string of the molecule is CCOC(=O)C1=C(N)OC(C)=C(C(=O)OC)[C@@]12C(=O)N(CC(=O)OC)c1ccccc12. The van der Waals surface area contributed by atoms with Gasteiger partial charge in [0.1, 0.15) is 28.9 Å². The van der Waals surface area contributed by atoms with E-state index in [1.165, 1.54) is 14.0 Å². The van der Waals surface area contributed by atoms with Gasteiger partial charge in [-0.2, -0.15) is 0 Å². The molecule has 0 fully saturated rings. The number of nitrogens with zero attached hydrogens (tertiary/aromatic N) is 1. The van der Waals surface area contributed by atoms with E-state index in [9.17, 15) is 19.2 Å². The number of hydrogen-bond donors (Lipinski definition) is 1. The quantitative estimate of drug-likeness (QED) is 0.528. The molecule has 2 aliphatic heterocycles. The predicted molar refractivity (Wildman–Crippen MR) is 106 cm³/mol. The van der Waals surface area contributed by atoms with Crippen molar-refractivity contribution in [1.29, 1.82) is 0 Å². The zero-order valence-corrected chi connectivity index (χ0v) is 17.5. The first-order chi connectivity index (χ1) is 14.7. The molecule has 1 aromatic carbocycles. The molecule has 2 N–H and O–H groups in total. The van der Waals surface area contributed by atoms with E-state index in [-0.39, 0.29) is 35.0 Å². The van der Waals surface area contributed by atoms with Crippen molar-refractivity contribution in [2.75, 3.05) is 32.3 Å². The molecule has 10 nitrogen and oxygen atoms in total. The van der Waals surface area contributed by atoms with Crippen molar-refractivity contribution in [3.63, 3.8) is 0 Å². The second kappa shape index (κ2) is 8.13. The van der Waals surface area contributed by atoms with Crippen LogP contribution in [0.4, 0.5) is 5.69 Å². The number of fused-ring (bicyclic) bond motifs is 2. The van der Waals surface area contributed by atoms with E-state index in [0.717, 1.165) is 12.0 Å². The van der Waals surface area contributed by atoms with Crippen molar-refractivity contribution in [2.45, 2.75) is 19.3 Å². The third-order valence-corrected chi connectivity index (χ3v) is 5.16. The van der Waals surface area contributed by atoms with Gasteiger partial charge >= 0.3 is 17.9 Å². The smallest absolute Gasteiger partial charge is 0.341 e. The summed E-state index contributed by atoms with van der Waals surface area (Å²) in [5, 5.41) is 0. The minimum Gasteiger partial charge on any atom is -0.468 e. The summed E-state index contributed by atoms with van der Waals surface area (Å²) in [4.78, 5) is 53.0. The Morgan fingerprint density at radius 1 is 1.10 bits per heavy atom. The zero-order valence-electron chi connectivity index (χ0n) is 17.5. The predicted octanol–water partition coefficient (Wildman–Crippen LogP) is 0.655. The molecule has 2 aliphatic rings. The molecule has 10 heteroatoms. The summed E-state index contributed by atoms with van der Waals surface area (Å²) in [7, 11) is 2.32. The number of rotatable bonds is 5. The number of ether oxygens (including phenoxy) is 4. The molecule has 0 saturated heterocycles. The van der Waals surface area contributed by atoms with E-state index >= 15 is 0 Å². The molecule has 1 aromatic rings. The Hall–Kier alpha value is -3.82. The van der Waals surface area contributed by atoms with Crippen molar-refractivity contribution < 1.29 is 38.1 Å². The molecule has 31 heavy (non-hydrogen) atoms. The normalized spacial score (nSPS) is 19.9. The standard InChI is InChI=1S/C21H22N2O8/c1-5-30-19(26)16-17(22)31-11(2)15(18(25)29-4)21(16)12-8-6-7-9-13(12)23(20(21)27)10-14(24)28-3/h6-9H,5,10,22H2,1-4H3/t21-/m1/s1. The third-order valence-electron chi connectivity index (χ3n) is 5.16. The Morgan fingerprint density at radius 2 is 1.77 bits per heavy atom. The van der Waals surface area contributed by atoms with Crippen molar-refractivity contribution in [3.8, 4) is 0 Å². The monoisotopic (exact) mass is 430 g/mol. The van der Waals surface area contributed by atoms with Gasteiger partial charge in [-0.1, -0.05) is 18.2 Å². The third kappa shape index (κ3) is 3.11. The van der Waals surface area contributed by atoms with Crippen LogP contribution >= 0.6 is 0 Å². The number of para-hydroxylation sites is 1. The molecular weight excluding hydrogens is 408 g/mol. The van der Waals surface area contributed by atoms with E-state index in [1.54, 1.807) is 31.2 Å². The highest BCUT2D eigenvalue weighted by Crippen LogP contribution is 2.54. The fourth-order valence-corrected chi connectivity index (χ4v) is 3.98. The molecule has 0 radical (unpaired) electrons. The summed E-state index contributed by atoms with van der Waals surface area (Å²) in [6, 6.07) is 6.44. The number of benzene rings is 1. The summed E-state index contributed by atoms with van der Waals surface area (Å²) in [5.41, 5.74) is 4.03. The second-order valence-electron chi connectivity index (χ2n) is 6.72. The first-order valence-corrected chi connectivity index (χ1v) is 9.38. The lowest BCUT2D eigenvalue weighted by Gasteiger charge is -2.36. The Labute approximate surface area is 178 Å². The van der Waals surface area contributed by atoms with Gasteiger partial charge in [-0.05, 0) is 19.9 Å². The number of methoxy groups -OCH3 is 2. The van der Waals surface area contributed by atoms with E-state index in [4.69, 9.17) is 24.7 Å². The Kier molecular flexibility index (Phi) is 5.74. The van der Waals surface area contributed by atoms with Crippen LogP contribution in [0.2, 0.25) is 0 Å². The summed E-state index contributed by atoms with van der Waals surface area (Å²) in [6.07, 6.45) is 0. The van der Waals surface area contributed by atoms with Gasteiger partial charge in [-0.3, -0.25) is 14.5 Å². The number of allylic oxidation sites excluding steroid dienone is 1. The minimum atomic E-state index is -2.02. The molecule has 1 atom stereocenters. The average Bonchev–Trinajstić information content (AvgIpc) is 2.97. The number of nitrogens with two attached hydrogens (primary N) is 1. The highest BCUT2D eigenvalue weighted by molar-refractivity contribution is 6.23. The fraction of sp³-hybridized carbons (Fsp3) is 0.333. The summed E-state index contributed by atoms with van der Waals surface area (Å²) >= 11 is 0. The van der Waals surface area contributed by atoms with Crippen LogP contribution in [-0.2, 0) is 43.5 Å². The molecule has 0 aromatic heterocycles.